The largest absolute Gasteiger partial charge is 0.493 e. The Kier molecular flexibility index (Phi) is 7.46. The average Bonchev–Trinajstić information content (AvgIpc) is 3.17. The van der Waals surface area contributed by atoms with Gasteiger partial charge >= 0.3 is 0 Å². The molecule has 1 aliphatic rings. The third kappa shape index (κ3) is 6.23. The maximum Gasteiger partial charge on any atom is 0.264 e. The number of benzene rings is 3. The van der Waals surface area contributed by atoms with Crippen molar-refractivity contribution in [3.05, 3.63) is 87.8 Å². The molecule has 35 heavy (non-hydrogen) atoms. The van der Waals surface area contributed by atoms with E-state index < -0.39 is 10.0 Å². The van der Waals surface area contributed by atoms with E-state index in [0.717, 1.165) is 11.1 Å². The van der Waals surface area contributed by atoms with Gasteiger partial charge in [-0.3, -0.25) is 4.79 Å². The summed E-state index contributed by atoms with van der Waals surface area (Å²) in [5.74, 6) is 0.759. The Hall–Kier alpha value is -3.31. The van der Waals surface area contributed by atoms with E-state index in [-0.39, 0.29) is 17.4 Å². The van der Waals surface area contributed by atoms with Crippen LogP contribution in [0.4, 0.5) is 5.69 Å². The quantitative estimate of drug-likeness (QED) is 0.436. The van der Waals surface area contributed by atoms with Gasteiger partial charge < -0.3 is 14.8 Å². The van der Waals surface area contributed by atoms with Gasteiger partial charge in [0.25, 0.3) is 5.91 Å². The second-order valence-electron chi connectivity index (χ2n) is 7.31. The van der Waals surface area contributed by atoms with Crippen molar-refractivity contribution in [1.82, 2.24) is 5.32 Å². The number of hydrogen-bond donors (Lipinski definition) is 2. The van der Waals surface area contributed by atoms with Gasteiger partial charge in [0.15, 0.2) is 16.7 Å². The average molecular weight is 530 g/mol. The number of halogens is 1. The number of primary sulfonamides is 1. The first-order valence-electron chi connectivity index (χ1n) is 10.2. The summed E-state index contributed by atoms with van der Waals surface area (Å²) >= 11 is 7.35. The monoisotopic (exact) mass is 529 g/mol. The molecule has 4 rings (SSSR count). The third-order valence-corrected chi connectivity index (χ3v) is 7.08. The number of thioether (sulfide) groups is 1. The molecule has 1 aliphatic heterocycles. The summed E-state index contributed by atoms with van der Waals surface area (Å²) in [6.07, 6.45) is 1.72. The Morgan fingerprint density at radius 2 is 1.83 bits per heavy atom. The van der Waals surface area contributed by atoms with Crippen LogP contribution in [0.25, 0.3) is 6.08 Å². The highest BCUT2D eigenvalue weighted by molar-refractivity contribution is 8.18. The number of nitrogens with one attached hydrogen (secondary N) is 1. The summed E-state index contributed by atoms with van der Waals surface area (Å²) in [5, 5.41) is 8.79. The van der Waals surface area contributed by atoms with Crippen molar-refractivity contribution in [3.63, 3.8) is 0 Å². The van der Waals surface area contributed by atoms with Gasteiger partial charge in [-0.1, -0.05) is 35.9 Å². The number of sulfonamides is 1. The van der Waals surface area contributed by atoms with Crippen LogP contribution < -0.4 is 19.9 Å². The fourth-order valence-electron chi connectivity index (χ4n) is 3.12. The van der Waals surface area contributed by atoms with Crippen molar-refractivity contribution in [2.24, 2.45) is 10.1 Å². The molecule has 0 aliphatic carbocycles. The normalized spacial score (nSPS) is 15.9. The fourth-order valence-corrected chi connectivity index (χ4v) is 4.67. The van der Waals surface area contributed by atoms with Gasteiger partial charge in [0.05, 0.1) is 22.6 Å². The Morgan fingerprint density at radius 1 is 1.09 bits per heavy atom. The highest BCUT2D eigenvalue weighted by atomic mass is 35.5. The molecule has 0 atom stereocenters. The number of carbonyl (C=O) groups excluding carboxylic acids is 1. The third-order valence-electron chi connectivity index (χ3n) is 4.87. The first-order valence-corrected chi connectivity index (χ1v) is 12.9. The molecule has 3 aromatic carbocycles. The molecule has 1 amide bonds. The number of hydrogen-bond acceptors (Lipinski definition) is 7. The lowest BCUT2D eigenvalue weighted by molar-refractivity contribution is -0.115. The lowest BCUT2D eigenvalue weighted by Crippen LogP contribution is -2.19. The highest BCUT2D eigenvalue weighted by Gasteiger charge is 2.24. The van der Waals surface area contributed by atoms with Crippen molar-refractivity contribution in [3.8, 4) is 11.5 Å². The maximum absolute atomic E-state index is 12.4. The minimum atomic E-state index is -3.79. The van der Waals surface area contributed by atoms with Crippen LogP contribution in [0.2, 0.25) is 5.02 Å². The second kappa shape index (κ2) is 10.5. The van der Waals surface area contributed by atoms with Crippen molar-refractivity contribution < 1.29 is 22.7 Å². The molecule has 8 nitrogen and oxygen atoms in total. The topological polar surface area (TPSA) is 120 Å². The molecule has 180 valence electrons. The molecular weight excluding hydrogens is 510 g/mol. The van der Waals surface area contributed by atoms with Crippen LogP contribution in [0.5, 0.6) is 11.5 Å². The molecule has 1 fully saturated rings. The molecule has 0 saturated carbocycles. The smallest absolute Gasteiger partial charge is 0.264 e. The van der Waals surface area contributed by atoms with Gasteiger partial charge in [-0.2, -0.15) is 0 Å². The predicted molar refractivity (Wildman–Crippen MR) is 137 cm³/mol. The van der Waals surface area contributed by atoms with Crippen LogP contribution in [-0.2, 0) is 21.4 Å². The Morgan fingerprint density at radius 3 is 2.51 bits per heavy atom. The van der Waals surface area contributed by atoms with Gasteiger partial charge in [-0.25, -0.2) is 18.5 Å². The van der Waals surface area contributed by atoms with Crippen molar-refractivity contribution in [2.45, 2.75) is 11.5 Å². The molecule has 3 aromatic rings. The summed E-state index contributed by atoms with van der Waals surface area (Å²) < 4.78 is 34.1. The van der Waals surface area contributed by atoms with Gasteiger partial charge in [-0.15, -0.1) is 0 Å². The van der Waals surface area contributed by atoms with Crippen molar-refractivity contribution in [2.75, 3.05) is 7.11 Å². The van der Waals surface area contributed by atoms with E-state index in [9.17, 15) is 13.2 Å². The van der Waals surface area contributed by atoms with E-state index in [1.807, 2.05) is 24.3 Å². The van der Waals surface area contributed by atoms with Gasteiger partial charge in [0, 0.05) is 10.6 Å². The number of amidine groups is 1. The number of amides is 1. The fraction of sp³-hybridized carbons (Fsp3) is 0.0833. The van der Waals surface area contributed by atoms with E-state index in [1.165, 1.54) is 43.1 Å². The summed E-state index contributed by atoms with van der Waals surface area (Å²) in [4.78, 5) is 17.2. The Labute approximate surface area is 211 Å². The lowest BCUT2D eigenvalue weighted by atomic mass is 10.2. The van der Waals surface area contributed by atoms with Crippen LogP contribution in [0.3, 0.4) is 0 Å². The van der Waals surface area contributed by atoms with E-state index >= 15 is 0 Å². The zero-order valence-electron chi connectivity index (χ0n) is 18.4. The minimum absolute atomic E-state index is 0.0154. The molecule has 1 heterocycles. The molecule has 1 saturated heterocycles. The summed E-state index contributed by atoms with van der Waals surface area (Å²) in [6, 6.07) is 18.5. The predicted octanol–water partition coefficient (Wildman–Crippen LogP) is 4.47. The highest BCUT2D eigenvalue weighted by Crippen LogP contribution is 2.33. The van der Waals surface area contributed by atoms with Gasteiger partial charge in [0.2, 0.25) is 10.0 Å². The first kappa shape index (κ1) is 24.8. The van der Waals surface area contributed by atoms with Crippen LogP contribution in [0.15, 0.2) is 81.5 Å². The number of methoxy groups -OCH3 is 1. The Bertz CT molecular complexity index is 1440. The number of rotatable bonds is 7. The summed E-state index contributed by atoms with van der Waals surface area (Å²) in [6.45, 7) is 0.284. The van der Waals surface area contributed by atoms with E-state index in [2.05, 4.69) is 10.3 Å². The zero-order valence-corrected chi connectivity index (χ0v) is 20.8. The standard InChI is InChI=1S/C24H20ClN3O5S2/c1-32-21-12-15(6-11-20(21)33-14-16-4-2-3-5-19(16)25)13-22-23(29)28-24(34-22)27-17-7-9-18(10-8-17)35(26,30)31/h2-13H,14H2,1H3,(H2,26,30,31)(H,27,28,29). The molecule has 0 spiro atoms. The minimum Gasteiger partial charge on any atom is -0.493 e. The lowest BCUT2D eigenvalue weighted by Gasteiger charge is -2.12. The molecule has 0 bridgehead atoms. The Balaban J connectivity index is 1.48. The molecule has 11 heteroatoms. The summed E-state index contributed by atoms with van der Waals surface area (Å²) in [5.41, 5.74) is 2.07. The number of nitrogens with zero attached hydrogens (tertiary/aromatic N) is 1. The maximum atomic E-state index is 12.4. The van der Waals surface area contributed by atoms with Crippen molar-refractivity contribution >= 4 is 56.2 Å². The van der Waals surface area contributed by atoms with Gasteiger partial charge in [-0.05, 0) is 65.9 Å². The number of aliphatic imine (C=N–C) groups is 1. The second-order valence-corrected chi connectivity index (χ2v) is 10.3. The zero-order chi connectivity index (χ0) is 25.0. The SMILES string of the molecule is COc1cc(C=C2SC(=Nc3ccc(S(N)(=O)=O)cc3)NC2=O)ccc1OCc1ccccc1Cl. The van der Waals surface area contributed by atoms with E-state index in [0.29, 0.717) is 32.3 Å². The van der Waals surface area contributed by atoms with E-state index in [1.54, 1.807) is 24.3 Å². The molecular formula is C24H20ClN3O5S2. The number of nitrogens with two attached hydrogens (primary N) is 1. The molecule has 3 N–H and O–H groups in total. The first-order chi connectivity index (χ1) is 16.7. The number of carbonyl (C=O) groups is 1. The van der Waals surface area contributed by atoms with E-state index in [4.69, 9.17) is 26.2 Å². The number of ether oxygens (including phenoxy) is 2. The van der Waals surface area contributed by atoms with Crippen molar-refractivity contribution in [1.29, 1.82) is 0 Å². The van der Waals surface area contributed by atoms with Crippen LogP contribution in [0, 0.1) is 0 Å². The molecule has 0 aromatic heterocycles. The molecule has 0 radical (unpaired) electrons. The summed E-state index contributed by atoms with van der Waals surface area (Å²) in [7, 11) is -2.25. The van der Waals surface area contributed by atoms with Crippen LogP contribution in [-0.4, -0.2) is 26.6 Å². The van der Waals surface area contributed by atoms with Gasteiger partial charge in [0.1, 0.15) is 6.61 Å². The van der Waals surface area contributed by atoms with Crippen LogP contribution in [0.1, 0.15) is 11.1 Å². The molecule has 0 unspecified atom stereocenters. The van der Waals surface area contributed by atoms with Crippen LogP contribution >= 0.6 is 23.4 Å².